The highest BCUT2D eigenvalue weighted by atomic mass is 32.2. The van der Waals surface area contributed by atoms with Gasteiger partial charge in [-0.15, -0.1) is 0 Å². The number of piperidine rings is 1. The number of amides is 2. The Balaban J connectivity index is 1.64. The van der Waals surface area contributed by atoms with Crippen LogP contribution in [0.1, 0.15) is 37.8 Å². The molecule has 0 bridgehead atoms. The largest absolute Gasteiger partial charge is 0.445 e. The molecular formula is C30H44N4O7S. The molecule has 232 valence electrons. The summed E-state index contributed by atoms with van der Waals surface area (Å²) >= 11 is 0. The first-order valence-corrected chi connectivity index (χ1v) is 16.2. The smallest absolute Gasteiger partial charge is 0.410 e. The van der Waals surface area contributed by atoms with Crippen LogP contribution >= 0.6 is 0 Å². The number of benzene rings is 2. The van der Waals surface area contributed by atoms with E-state index in [1.165, 1.54) is 10.5 Å². The summed E-state index contributed by atoms with van der Waals surface area (Å²) in [5, 5.41) is 2.86. The van der Waals surface area contributed by atoms with Gasteiger partial charge in [-0.25, -0.2) is 17.9 Å². The first-order valence-electron chi connectivity index (χ1n) is 14.3. The van der Waals surface area contributed by atoms with Gasteiger partial charge in [0.1, 0.15) is 13.2 Å². The van der Waals surface area contributed by atoms with Crippen molar-refractivity contribution < 1.29 is 32.2 Å². The predicted molar refractivity (Wildman–Crippen MR) is 160 cm³/mol. The molecule has 2 aromatic rings. The van der Waals surface area contributed by atoms with E-state index in [0.717, 1.165) is 18.4 Å². The Bertz CT molecular complexity index is 1200. The summed E-state index contributed by atoms with van der Waals surface area (Å²) in [5.74, 6) is -0.445. The van der Waals surface area contributed by atoms with Crippen LogP contribution in [0.3, 0.4) is 0 Å². The van der Waals surface area contributed by atoms with Gasteiger partial charge < -0.3 is 19.5 Å². The summed E-state index contributed by atoms with van der Waals surface area (Å²) in [7, 11) is -3.54. The van der Waals surface area contributed by atoms with Crippen LogP contribution in [0, 0.1) is 0 Å². The Morgan fingerprint density at radius 1 is 0.952 bits per heavy atom. The van der Waals surface area contributed by atoms with E-state index in [9.17, 15) is 18.0 Å². The van der Waals surface area contributed by atoms with Crippen molar-refractivity contribution in [1.29, 1.82) is 0 Å². The molecule has 11 nitrogen and oxygen atoms in total. The summed E-state index contributed by atoms with van der Waals surface area (Å²) in [6, 6.07) is 19.3. The second-order valence-corrected chi connectivity index (χ2v) is 12.2. The lowest BCUT2D eigenvalue weighted by atomic mass is 9.88. The highest BCUT2D eigenvalue weighted by Gasteiger charge is 2.37. The SMILES string of the molecule is CCOC(CN(CC(=O)NCC1(NS(C)(=O)=O)CCN(Cc2ccccc2)CC1)C(=O)OCc1ccccc1)OCC. The number of carbonyl (C=O) groups is 2. The van der Waals surface area contributed by atoms with Gasteiger partial charge in [0.2, 0.25) is 15.9 Å². The molecule has 12 heteroatoms. The Kier molecular flexibility index (Phi) is 13.2. The minimum absolute atomic E-state index is 0.0100. The van der Waals surface area contributed by atoms with Crippen molar-refractivity contribution in [2.45, 2.75) is 51.7 Å². The molecule has 0 aliphatic carbocycles. The lowest BCUT2D eigenvalue weighted by Gasteiger charge is -2.42. The lowest BCUT2D eigenvalue weighted by Crippen LogP contribution is -2.60. The molecule has 2 aromatic carbocycles. The van der Waals surface area contributed by atoms with Crippen LogP contribution in [0.5, 0.6) is 0 Å². The number of likely N-dealkylation sites (tertiary alicyclic amines) is 1. The Morgan fingerprint density at radius 3 is 2.07 bits per heavy atom. The zero-order valence-corrected chi connectivity index (χ0v) is 25.6. The van der Waals surface area contributed by atoms with Gasteiger partial charge in [-0.05, 0) is 37.8 Å². The summed E-state index contributed by atoms with van der Waals surface area (Å²) in [6.45, 7) is 6.28. The maximum atomic E-state index is 13.2. The Morgan fingerprint density at radius 2 is 1.52 bits per heavy atom. The normalized spacial score (nSPS) is 15.3. The van der Waals surface area contributed by atoms with E-state index >= 15 is 0 Å². The fraction of sp³-hybridized carbons (Fsp3) is 0.533. The van der Waals surface area contributed by atoms with Crippen LogP contribution in [0.4, 0.5) is 4.79 Å². The third-order valence-electron chi connectivity index (χ3n) is 6.96. The molecular weight excluding hydrogens is 560 g/mol. The molecule has 1 aliphatic heterocycles. The number of hydrogen-bond donors (Lipinski definition) is 2. The first-order chi connectivity index (χ1) is 20.1. The highest BCUT2D eigenvalue weighted by molar-refractivity contribution is 7.88. The van der Waals surface area contributed by atoms with E-state index in [2.05, 4.69) is 27.1 Å². The molecule has 0 spiro atoms. The molecule has 0 unspecified atom stereocenters. The van der Waals surface area contributed by atoms with Crippen molar-refractivity contribution >= 4 is 22.0 Å². The van der Waals surface area contributed by atoms with E-state index in [-0.39, 0.29) is 26.2 Å². The summed E-state index contributed by atoms with van der Waals surface area (Å²) in [4.78, 5) is 29.7. The van der Waals surface area contributed by atoms with Crippen molar-refractivity contribution in [2.24, 2.45) is 0 Å². The summed E-state index contributed by atoms with van der Waals surface area (Å²) in [6.07, 6.45) is 0.749. The van der Waals surface area contributed by atoms with Gasteiger partial charge in [0, 0.05) is 39.4 Å². The molecule has 0 atom stereocenters. The second-order valence-electron chi connectivity index (χ2n) is 10.5. The van der Waals surface area contributed by atoms with Crippen molar-refractivity contribution in [1.82, 2.24) is 19.8 Å². The standard InChI is InChI=1S/C30H44N4O7S/c1-4-39-28(40-5-2)22-34(29(36)41-23-26-14-10-7-11-15-26)21-27(35)31-24-30(32-42(3,37)38)16-18-33(19-17-30)20-25-12-8-6-9-13-25/h6-15,28,32H,4-5,16-24H2,1-3H3,(H,31,35). The van der Waals surface area contributed by atoms with Gasteiger partial charge in [0.25, 0.3) is 0 Å². The van der Waals surface area contributed by atoms with Crippen molar-refractivity contribution in [3.63, 3.8) is 0 Å². The van der Waals surface area contributed by atoms with Crippen molar-refractivity contribution in [3.8, 4) is 0 Å². The van der Waals surface area contributed by atoms with Crippen LogP contribution in [0.15, 0.2) is 60.7 Å². The van der Waals surface area contributed by atoms with Gasteiger partial charge in [0.05, 0.1) is 18.3 Å². The molecule has 1 saturated heterocycles. The topological polar surface area (TPSA) is 127 Å². The van der Waals surface area contributed by atoms with E-state index in [1.807, 2.05) is 62.4 Å². The number of ether oxygens (including phenoxy) is 3. The van der Waals surface area contributed by atoms with E-state index < -0.39 is 33.9 Å². The minimum atomic E-state index is -3.54. The zero-order valence-electron chi connectivity index (χ0n) is 24.8. The number of hydrogen-bond acceptors (Lipinski definition) is 8. The average molecular weight is 605 g/mol. The van der Waals surface area contributed by atoms with Crippen LogP contribution in [-0.2, 0) is 42.2 Å². The maximum absolute atomic E-state index is 13.2. The summed E-state index contributed by atoms with van der Waals surface area (Å²) < 4.78 is 44.0. The Labute approximate surface area is 249 Å². The molecule has 3 rings (SSSR count). The predicted octanol–water partition coefficient (Wildman–Crippen LogP) is 2.72. The van der Waals surface area contributed by atoms with E-state index in [4.69, 9.17) is 14.2 Å². The molecule has 42 heavy (non-hydrogen) atoms. The van der Waals surface area contributed by atoms with Crippen molar-refractivity contribution in [2.75, 3.05) is 52.2 Å². The fourth-order valence-electron chi connectivity index (χ4n) is 4.91. The van der Waals surface area contributed by atoms with Gasteiger partial charge in [0.15, 0.2) is 6.29 Å². The van der Waals surface area contributed by atoms with Gasteiger partial charge in [-0.1, -0.05) is 60.7 Å². The second kappa shape index (κ2) is 16.6. The fourth-order valence-corrected chi connectivity index (χ4v) is 5.97. The molecule has 1 fully saturated rings. The zero-order chi connectivity index (χ0) is 30.4. The van der Waals surface area contributed by atoms with Crippen LogP contribution in [0.25, 0.3) is 0 Å². The molecule has 0 radical (unpaired) electrons. The van der Waals surface area contributed by atoms with Gasteiger partial charge in [-0.3, -0.25) is 14.6 Å². The third-order valence-corrected chi connectivity index (χ3v) is 7.76. The lowest BCUT2D eigenvalue weighted by molar-refractivity contribution is -0.147. The monoisotopic (exact) mass is 604 g/mol. The molecule has 2 N–H and O–H groups in total. The van der Waals surface area contributed by atoms with E-state index in [1.54, 1.807) is 0 Å². The Hall–Kier alpha value is -3.03. The third kappa shape index (κ3) is 11.7. The quantitative estimate of drug-likeness (QED) is 0.280. The molecule has 0 aromatic heterocycles. The number of nitrogens with zero attached hydrogens (tertiary/aromatic N) is 2. The van der Waals surface area contributed by atoms with Crippen molar-refractivity contribution in [3.05, 3.63) is 71.8 Å². The molecule has 1 aliphatic rings. The number of nitrogens with one attached hydrogen (secondary N) is 2. The number of rotatable bonds is 16. The van der Waals surface area contributed by atoms with Crippen LogP contribution < -0.4 is 10.0 Å². The first kappa shape index (κ1) is 33.5. The average Bonchev–Trinajstić information content (AvgIpc) is 2.96. The summed E-state index contributed by atoms with van der Waals surface area (Å²) in [5.41, 5.74) is 1.16. The molecule has 0 saturated carbocycles. The number of carbonyl (C=O) groups excluding carboxylic acids is 2. The van der Waals surface area contributed by atoms with Crippen LogP contribution in [-0.4, -0.2) is 94.2 Å². The number of sulfonamides is 1. The van der Waals surface area contributed by atoms with Crippen LogP contribution in [0.2, 0.25) is 0 Å². The molecule has 2 amide bonds. The highest BCUT2D eigenvalue weighted by Crippen LogP contribution is 2.24. The maximum Gasteiger partial charge on any atom is 0.410 e. The molecule has 1 heterocycles. The minimum Gasteiger partial charge on any atom is -0.445 e. The van der Waals surface area contributed by atoms with Gasteiger partial charge >= 0.3 is 6.09 Å². The van der Waals surface area contributed by atoms with E-state index in [0.29, 0.717) is 39.1 Å². The van der Waals surface area contributed by atoms with Gasteiger partial charge in [-0.2, -0.15) is 0 Å².